The van der Waals surface area contributed by atoms with Crippen LogP contribution in [-0.2, 0) is 9.73 Å². The van der Waals surface area contributed by atoms with Crippen LogP contribution in [-0.4, -0.2) is 21.6 Å². The summed E-state index contributed by atoms with van der Waals surface area (Å²) in [5.74, 6) is 0. The molecule has 0 unspecified atom stereocenters. The molecule has 1 aromatic carbocycles. The van der Waals surface area contributed by atoms with Gasteiger partial charge in [-0.25, -0.2) is 4.21 Å². The number of rotatable bonds is 2. The van der Waals surface area contributed by atoms with E-state index in [1.165, 1.54) is 30.7 Å². The van der Waals surface area contributed by atoms with Crippen LogP contribution in [0.4, 0.5) is 17.1 Å². The van der Waals surface area contributed by atoms with Crippen molar-refractivity contribution >= 4 is 26.8 Å². The van der Waals surface area contributed by atoms with Gasteiger partial charge in [-0.1, -0.05) is 0 Å². The summed E-state index contributed by atoms with van der Waals surface area (Å²) in [5, 5.41) is 10.6. The van der Waals surface area contributed by atoms with Gasteiger partial charge in [0, 0.05) is 28.3 Å². The van der Waals surface area contributed by atoms with Gasteiger partial charge in [0.25, 0.3) is 5.69 Å². The van der Waals surface area contributed by atoms with Crippen LogP contribution in [0, 0.1) is 10.1 Å². The molecular formula is C8H11N3O3S. The van der Waals surface area contributed by atoms with Crippen molar-refractivity contribution in [2.45, 2.75) is 0 Å². The highest BCUT2D eigenvalue weighted by molar-refractivity contribution is 7.92. The van der Waals surface area contributed by atoms with E-state index in [-0.39, 0.29) is 11.4 Å². The lowest BCUT2D eigenvalue weighted by atomic mass is 10.2. The van der Waals surface area contributed by atoms with E-state index in [0.29, 0.717) is 5.69 Å². The minimum Gasteiger partial charge on any atom is -0.393 e. The average molecular weight is 229 g/mol. The summed E-state index contributed by atoms with van der Waals surface area (Å²) in [6.45, 7) is 0. The van der Waals surface area contributed by atoms with Crippen LogP contribution in [0.15, 0.2) is 22.6 Å². The number of nitrogens with two attached hydrogens (primary N) is 1. The summed E-state index contributed by atoms with van der Waals surface area (Å²) >= 11 is 0. The molecular weight excluding hydrogens is 218 g/mol. The standard InChI is InChI=1S/C8H11N3O3S/c1-15(2,14)10-6-3-4-7(9)8(5-6)11(12)13/h3-5H,9H2,1-2H3. The fourth-order valence-corrected chi connectivity index (χ4v) is 1.62. The van der Waals surface area contributed by atoms with Gasteiger partial charge in [0.2, 0.25) is 0 Å². The number of nitro groups is 1. The molecule has 0 aliphatic rings. The van der Waals surface area contributed by atoms with Gasteiger partial charge in [-0.2, -0.15) is 4.36 Å². The number of nitro benzene ring substituents is 1. The Morgan fingerprint density at radius 3 is 2.53 bits per heavy atom. The first-order chi connectivity index (χ1) is 6.79. The lowest BCUT2D eigenvalue weighted by Gasteiger charge is -1.99. The number of nitrogen functional groups attached to an aromatic ring is 1. The van der Waals surface area contributed by atoms with Crippen LogP contribution >= 0.6 is 0 Å². The summed E-state index contributed by atoms with van der Waals surface area (Å²) in [4.78, 5) is 9.96. The molecule has 82 valence electrons. The molecule has 0 saturated carbocycles. The molecule has 6 nitrogen and oxygen atoms in total. The fourth-order valence-electron chi connectivity index (χ4n) is 1.00. The Labute approximate surface area is 87.4 Å². The number of anilines is 1. The Morgan fingerprint density at radius 1 is 1.47 bits per heavy atom. The van der Waals surface area contributed by atoms with Gasteiger partial charge in [-0.05, 0) is 12.1 Å². The van der Waals surface area contributed by atoms with Crippen LogP contribution in [0.1, 0.15) is 0 Å². The number of hydrogen-bond donors (Lipinski definition) is 1. The molecule has 0 radical (unpaired) electrons. The van der Waals surface area contributed by atoms with E-state index in [2.05, 4.69) is 4.36 Å². The highest BCUT2D eigenvalue weighted by Crippen LogP contribution is 2.27. The highest BCUT2D eigenvalue weighted by Gasteiger charge is 2.11. The SMILES string of the molecule is CS(C)(=O)=Nc1ccc(N)c([N+](=O)[O-])c1. The molecule has 1 aromatic rings. The number of hydrogen-bond acceptors (Lipinski definition) is 5. The predicted octanol–water partition coefficient (Wildman–Crippen LogP) is 1.54. The summed E-state index contributed by atoms with van der Waals surface area (Å²) in [6.07, 6.45) is 2.91. The van der Waals surface area contributed by atoms with E-state index < -0.39 is 14.7 Å². The Morgan fingerprint density at radius 2 is 2.07 bits per heavy atom. The second-order valence-electron chi connectivity index (χ2n) is 3.27. The molecule has 0 fully saturated rings. The molecule has 0 spiro atoms. The zero-order chi connectivity index (χ0) is 11.6. The zero-order valence-corrected chi connectivity index (χ0v) is 9.15. The fraction of sp³-hybridized carbons (Fsp3) is 0.250. The van der Waals surface area contributed by atoms with Crippen LogP contribution < -0.4 is 5.73 Å². The molecule has 2 N–H and O–H groups in total. The third-order valence-corrected chi connectivity index (χ3v) is 2.19. The lowest BCUT2D eigenvalue weighted by molar-refractivity contribution is -0.383. The van der Waals surface area contributed by atoms with Crippen molar-refractivity contribution in [1.82, 2.24) is 0 Å². The molecule has 7 heteroatoms. The van der Waals surface area contributed by atoms with Crippen molar-refractivity contribution in [1.29, 1.82) is 0 Å². The topological polar surface area (TPSA) is 98.6 Å². The van der Waals surface area contributed by atoms with Gasteiger partial charge >= 0.3 is 0 Å². The predicted molar refractivity (Wildman–Crippen MR) is 59.6 cm³/mol. The first-order valence-electron chi connectivity index (χ1n) is 4.00. The smallest absolute Gasteiger partial charge is 0.294 e. The van der Waals surface area contributed by atoms with E-state index >= 15 is 0 Å². The highest BCUT2D eigenvalue weighted by atomic mass is 32.2. The minimum atomic E-state index is -2.32. The van der Waals surface area contributed by atoms with Crippen molar-refractivity contribution in [3.63, 3.8) is 0 Å². The Hall–Kier alpha value is -1.63. The third kappa shape index (κ3) is 3.21. The van der Waals surface area contributed by atoms with Crippen molar-refractivity contribution in [2.24, 2.45) is 4.36 Å². The number of benzene rings is 1. The van der Waals surface area contributed by atoms with Gasteiger partial charge in [-0.15, -0.1) is 0 Å². The molecule has 15 heavy (non-hydrogen) atoms. The Kier molecular flexibility index (Phi) is 2.94. The second-order valence-corrected chi connectivity index (χ2v) is 5.82. The Bertz CT molecular complexity index is 510. The van der Waals surface area contributed by atoms with E-state index in [4.69, 9.17) is 5.73 Å². The maximum absolute atomic E-state index is 11.4. The molecule has 0 bridgehead atoms. The van der Waals surface area contributed by atoms with Gasteiger partial charge in [0.15, 0.2) is 0 Å². The van der Waals surface area contributed by atoms with E-state index in [1.807, 2.05) is 0 Å². The molecule has 0 heterocycles. The quantitative estimate of drug-likeness (QED) is 0.472. The normalized spacial score (nSPS) is 11.1. The third-order valence-electron chi connectivity index (χ3n) is 1.54. The van der Waals surface area contributed by atoms with E-state index in [9.17, 15) is 14.3 Å². The van der Waals surface area contributed by atoms with Gasteiger partial charge in [0.1, 0.15) is 5.69 Å². The molecule has 0 amide bonds. The first-order valence-corrected chi connectivity index (χ1v) is 6.34. The molecule has 0 atom stereocenters. The van der Waals surface area contributed by atoms with E-state index in [0.717, 1.165) is 0 Å². The lowest BCUT2D eigenvalue weighted by Crippen LogP contribution is -1.95. The largest absolute Gasteiger partial charge is 0.393 e. The van der Waals surface area contributed by atoms with Gasteiger partial charge in [-0.3, -0.25) is 10.1 Å². The maximum atomic E-state index is 11.4. The first kappa shape index (κ1) is 11.4. The second kappa shape index (κ2) is 3.85. The summed E-state index contributed by atoms with van der Waals surface area (Å²) in [5.41, 5.74) is 5.54. The van der Waals surface area contributed by atoms with Crippen molar-refractivity contribution in [3.8, 4) is 0 Å². The molecule has 0 aliphatic carbocycles. The molecule has 0 aliphatic heterocycles. The molecule has 0 saturated heterocycles. The van der Waals surface area contributed by atoms with Crippen LogP contribution in [0.2, 0.25) is 0 Å². The summed E-state index contributed by atoms with van der Waals surface area (Å²) < 4.78 is 15.2. The van der Waals surface area contributed by atoms with Crippen LogP contribution in [0.25, 0.3) is 0 Å². The molecule has 0 aromatic heterocycles. The maximum Gasteiger partial charge on any atom is 0.294 e. The van der Waals surface area contributed by atoms with Crippen LogP contribution in [0.3, 0.4) is 0 Å². The average Bonchev–Trinajstić information content (AvgIpc) is 2.05. The van der Waals surface area contributed by atoms with Crippen molar-refractivity contribution < 1.29 is 9.13 Å². The van der Waals surface area contributed by atoms with Gasteiger partial charge < -0.3 is 5.73 Å². The van der Waals surface area contributed by atoms with Gasteiger partial charge in [0.05, 0.1) is 10.6 Å². The molecule has 1 rings (SSSR count). The zero-order valence-electron chi connectivity index (χ0n) is 8.34. The number of nitrogens with zero attached hydrogens (tertiary/aromatic N) is 2. The minimum absolute atomic E-state index is 0.0673. The van der Waals surface area contributed by atoms with Crippen molar-refractivity contribution in [2.75, 3.05) is 18.2 Å². The van der Waals surface area contributed by atoms with Crippen molar-refractivity contribution in [3.05, 3.63) is 28.3 Å². The Balaban J connectivity index is 3.32. The monoisotopic (exact) mass is 229 g/mol. The summed E-state index contributed by atoms with van der Waals surface area (Å²) in [6, 6.07) is 4.08. The summed E-state index contributed by atoms with van der Waals surface area (Å²) in [7, 11) is -2.32. The van der Waals surface area contributed by atoms with E-state index in [1.54, 1.807) is 0 Å². The van der Waals surface area contributed by atoms with Crippen LogP contribution in [0.5, 0.6) is 0 Å².